The maximum Gasteiger partial charge on any atom is 0.123 e. The van der Waals surface area contributed by atoms with E-state index in [1.807, 2.05) is 0 Å². The van der Waals surface area contributed by atoms with Gasteiger partial charge in [0.05, 0.1) is 0 Å². The highest BCUT2D eigenvalue weighted by atomic mass is 19.1. The standard InChI is InChI=1S/C6H10FN/c1-5-4-8-3-2-6(5)7/h6,8H,1-4H2. The van der Waals surface area contributed by atoms with Gasteiger partial charge in [-0.05, 0) is 18.5 Å². The van der Waals surface area contributed by atoms with Gasteiger partial charge < -0.3 is 5.32 Å². The largest absolute Gasteiger partial charge is 0.313 e. The van der Waals surface area contributed by atoms with E-state index in [1.54, 1.807) is 0 Å². The molecule has 1 heterocycles. The van der Waals surface area contributed by atoms with E-state index >= 15 is 0 Å². The molecule has 8 heavy (non-hydrogen) atoms. The van der Waals surface area contributed by atoms with E-state index in [1.165, 1.54) is 0 Å². The summed E-state index contributed by atoms with van der Waals surface area (Å²) in [6, 6.07) is 0. The van der Waals surface area contributed by atoms with Crippen molar-refractivity contribution in [2.24, 2.45) is 0 Å². The minimum Gasteiger partial charge on any atom is -0.313 e. The monoisotopic (exact) mass is 115 g/mol. The second-order valence-electron chi connectivity index (χ2n) is 2.09. The number of piperidine rings is 1. The van der Waals surface area contributed by atoms with E-state index in [4.69, 9.17) is 0 Å². The molecule has 1 aliphatic rings. The molecule has 1 aliphatic heterocycles. The third-order valence-electron chi connectivity index (χ3n) is 1.37. The van der Waals surface area contributed by atoms with Crippen LogP contribution in [-0.2, 0) is 0 Å². The Morgan fingerprint density at radius 1 is 1.75 bits per heavy atom. The van der Waals surface area contributed by atoms with Crippen LogP contribution in [0.1, 0.15) is 6.42 Å². The van der Waals surface area contributed by atoms with Crippen molar-refractivity contribution in [3.05, 3.63) is 12.2 Å². The molecule has 0 spiro atoms. The number of rotatable bonds is 0. The van der Waals surface area contributed by atoms with Crippen LogP contribution in [0.25, 0.3) is 0 Å². The molecule has 1 unspecified atom stereocenters. The lowest BCUT2D eigenvalue weighted by Crippen LogP contribution is -2.30. The molecule has 0 aromatic heterocycles. The minimum atomic E-state index is -0.753. The van der Waals surface area contributed by atoms with Crippen molar-refractivity contribution in [1.29, 1.82) is 0 Å². The Labute approximate surface area is 48.6 Å². The molecule has 0 aromatic carbocycles. The van der Waals surface area contributed by atoms with Crippen LogP contribution in [0.3, 0.4) is 0 Å². The number of hydrogen-bond donors (Lipinski definition) is 1. The molecule has 0 saturated carbocycles. The van der Waals surface area contributed by atoms with Crippen LogP contribution in [0.5, 0.6) is 0 Å². The van der Waals surface area contributed by atoms with Gasteiger partial charge in [0.25, 0.3) is 0 Å². The van der Waals surface area contributed by atoms with Crippen LogP contribution >= 0.6 is 0 Å². The fourth-order valence-corrected chi connectivity index (χ4v) is 0.793. The molecule has 0 aliphatic carbocycles. The predicted octanol–water partition coefficient (Wildman–Crippen LogP) is 0.874. The second kappa shape index (κ2) is 2.27. The summed E-state index contributed by atoms with van der Waals surface area (Å²) < 4.78 is 12.4. The summed E-state index contributed by atoms with van der Waals surface area (Å²) in [5, 5.41) is 3.03. The normalized spacial score (nSPS) is 30.6. The van der Waals surface area contributed by atoms with E-state index in [-0.39, 0.29) is 0 Å². The molecule has 1 fully saturated rings. The van der Waals surface area contributed by atoms with Gasteiger partial charge >= 0.3 is 0 Å². The number of hydrogen-bond acceptors (Lipinski definition) is 1. The van der Waals surface area contributed by atoms with E-state index in [0.717, 1.165) is 6.54 Å². The van der Waals surface area contributed by atoms with Crippen LogP contribution in [0.15, 0.2) is 12.2 Å². The van der Waals surface area contributed by atoms with Crippen molar-refractivity contribution < 1.29 is 4.39 Å². The summed E-state index contributed by atoms with van der Waals surface area (Å²) in [5.41, 5.74) is 0.691. The SMILES string of the molecule is C=C1CNCCC1F. The van der Waals surface area contributed by atoms with Crippen molar-refractivity contribution in [1.82, 2.24) is 5.32 Å². The zero-order chi connectivity index (χ0) is 5.98. The van der Waals surface area contributed by atoms with Crippen molar-refractivity contribution >= 4 is 0 Å². The van der Waals surface area contributed by atoms with Crippen LogP contribution in [0, 0.1) is 0 Å². The first kappa shape index (κ1) is 5.76. The average molecular weight is 115 g/mol. The Morgan fingerprint density at radius 3 is 2.88 bits per heavy atom. The molecule has 0 amide bonds. The van der Waals surface area contributed by atoms with Crippen molar-refractivity contribution in [2.45, 2.75) is 12.6 Å². The molecule has 1 saturated heterocycles. The van der Waals surface area contributed by atoms with Crippen LogP contribution in [0.2, 0.25) is 0 Å². The highest BCUT2D eigenvalue weighted by Crippen LogP contribution is 2.10. The van der Waals surface area contributed by atoms with E-state index in [2.05, 4.69) is 11.9 Å². The molecular formula is C6H10FN. The topological polar surface area (TPSA) is 12.0 Å². The number of halogens is 1. The first-order chi connectivity index (χ1) is 3.80. The molecule has 0 aromatic rings. The van der Waals surface area contributed by atoms with Crippen LogP contribution < -0.4 is 5.32 Å². The van der Waals surface area contributed by atoms with Crippen molar-refractivity contribution in [2.75, 3.05) is 13.1 Å². The van der Waals surface area contributed by atoms with Crippen LogP contribution in [0.4, 0.5) is 4.39 Å². The smallest absolute Gasteiger partial charge is 0.123 e. The first-order valence-electron chi connectivity index (χ1n) is 2.83. The minimum absolute atomic E-state index is 0.596. The molecule has 1 nitrogen and oxygen atoms in total. The third-order valence-corrected chi connectivity index (χ3v) is 1.37. The molecule has 1 atom stereocenters. The Balaban J connectivity index is 2.39. The van der Waals surface area contributed by atoms with Gasteiger partial charge in [0.1, 0.15) is 6.17 Å². The van der Waals surface area contributed by atoms with Crippen molar-refractivity contribution in [3.63, 3.8) is 0 Å². The molecule has 1 N–H and O–H groups in total. The summed E-state index contributed by atoms with van der Waals surface area (Å²) in [6.07, 6.45) is -0.157. The Morgan fingerprint density at radius 2 is 2.50 bits per heavy atom. The zero-order valence-corrected chi connectivity index (χ0v) is 4.78. The maximum atomic E-state index is 12.4. The summed E-state index contributed by atoms with van der Waals surface area (Å²) in [4.78, 5) is 0. The van der Waals surface area contributed by atoms with Gasteiger partial charge in [0.2, 0.25) is 0 Å². The second-order valence-corrected chi connectivity index (χ2v) is 2.09. The highest BCUT2D eigenvalue weighted by Gasteiger charge is 2.13. The van der Waals surface area contributed by atoms with Gasteiger partial charge in [-0.2, -0.15) is 0 Å². The molecular weight excluding hydrogens is 105 g/mol. The van der Waals surface area contributed by atoms with Crippen LogP contribution in [-0.4, -0.2) is 19.3 Å². The molecule has 46 valence electrons. The average Bonchev–Trinajstić information content (AvgIpc) is 1.77. The zero-order valence-electron chi connectivity index (χ0n) is 4.78. The van der Waals surface area contributed by atoms with Gasteiger partial charge in [-0.1, -0.05) is 6.58 Å². The highest BCUT2D eigenvalue weighted by molar-refractivity contribution is 5.06. The summed E-state index contributed by atoms with van der Waals surface area (Å²) in [6.45, 7) is 5.00. The van der Waals surface area contributed by atoms with Gasteiger partial charge in [-0.15, -0.1) is 0 Å². The predicted molar refractivity (Wildman–Crippen MR) is 31.5 cm³/mol. The number of alkyl halides is 1. The lowest BCUT2D eigenvalue weighted by Gasteiger charge is -2.17. The van der Waals surface area contributed by atoms with E-state index in [0.29, 0.717) is 18.5 Å². The lowest BCUT2D eigenvalue weighted by atomic mass is 10.1. The van der Waals surface area contributed by atoms with Gasteiger partial charge in [-0.25, -0.2) is 4.39 Å². The fraction of sp³-hybridized carbons (Fsp3) is 0.667. The molecule has 0 radical (unpaired) electrons. The summed E-state index contributed by atoms with van der Waals surface area (Å²) in [5.74, 6) is 0. The molecule has 0 bridgehead atoms. The fourth-order valence-electron chi connectivity index (χ4n) is 0.793. The van der Waals surface area contributed by atoms with E-state index in [9.17, 15) is 4.39 Å². The summed E-state index contributed by atoms with van der Waals surface area (Å²) in [7, 11) is 0. The molecule has 2 heteroatoms. The summed E-state index contributed by atoms with van der Waals surface area (Å²) >= 11 is 0. The van der Waals surface area contributed by atoms with Gasteiger partial charge in [-0.3, -0.25) is 0 Å². The maximum absolute atomic E-state index is 12.4. The third kappa shape index (κ3) is 1.07. The molecule has 1 rings (SSSR count). The van der Waals surface area contributed by atoms with Crippen molar-refractivity contribution in [3.8, 4) is 0 Å². The Hall–Kier alpha value is -0.370. The van der Waals surface area contributed by atoms with E-state index < -0.39 is 6.17 Å². The Kier molecular flexibility index (Phi) is 1.63. The first-order valence-corrected chi connectivity index (χ1v) is 2.83. The Bertz CT molecular complexity index is 101. The quantitative estimate of drug-likeness (QED) is 0.462. The number of nitrogens with one attached hydrogen (secondary N) is 1. The van der Waals surface area contributed by atoms with Gasteiger partial charge in [0.15, 0.2) is 0 Å². The van der Waals surface area contributed by atoms with Gasteiger partial charge in [0, 0.05) is 6.54 Å². The lowest BCUT2D eigenvalue weighted by molar-refractivity contribution is 0.327.